The molecule has 3 rings (SSSR count). The van der Waals surface area contributed by atoms with Crippen molar-refractivity contribution in [1.29, 1.82) is 0 Å². The summed E-state index contributed by atoms with van der Waals surface area (Å²) < 4.78 is 39.7. The topological polar surface area (TPSA) is 62.5 Å². The summed E-state index contributed by atoms with van der Waals surface area (Å²) in [5, 5.41) is 19.3. The van der Waals surface area contributed by atoms with E-state index in [1.165, 1.54) is 24.3 Å². The normalized spacial score (nSPS) is 11.8. The van der Waals surface area contributed by atoms with Crippen LogP contribution in [0.4, 0.5) is 13.2 Å². The average molecular weight is 349 g/mol. The van der Waals surface area contributed by atoms with Gasteiger partial charge in [0.1, 0.15) is 5.75 Å². The molecule has 0 spiro atoms. The second-order valence-electron chi connectivity index (χ2n) is 5.75. The van der Waals surface area contributed by atoms with Gasteiger partial charge in [-0.05, 0) is 41.5 Å². The number of hydrogen-bond donors (Lipinski definition) is 2. The van der Waals surface area contributed by atoms with Crippen LogP contribution in [-0.4, -0.2) is 20.7 Å². The molecule has 0 saturated heterocycles. The second kappa shape index (κ2) is 6.16. The number of aliphatic carboxylic acids is 1. The molecule has 0 bridgehead atoms. The highest BCUT2D eigenvalue weighted by atomic mass is 19.4. The van der Waals surface area contributed by atoms with Gasteiger partial charge in [0.25, 0.3) is 0 Å². The third-order valence-corrected chi connectivity index (χ3v) is 3.92. The van der Waals surface area contributed by atoms with Crippen LogP contribution in [0, 0.1) is 0 Å². The van der Waals surface area contributed by atoms with Crippen LogP contribution in [0.5, 0.6) is 5.75 Å². The van der Waals surface area contributed by atoms with Crippen LogP contribution in [0.3, 0.4) is 0 Å². The number of alkyl halides is 3. The number of carboxylic acid groups (broad SMARTS) is 1. The number of phenols is 1. The van der Waals surface area contributed by atoms with Gasteiger partial charge in [0.15, 0.2) is 0 Å². The number of benzene rings is 2. The van der Waals surface area contributed by atoms with E-state index in [1.807, 2.05) is 0 Å². The van der Waals surface area contributed by atoms with Crippen molar-refractivity contribution < 1.29 is 28.2 Å². The van der Waals surface area contributed by atoms with Gasteiger partial charge in [0, 0.05) is 23.6 Å². The Bertz CT molecular complexity index is 927. The van der Waals surface area contributed by atoms with Crippen LogP contribution in [0.2, 0.25) is 0 Å². The van der Waals surface area contributed by atoms with E-state index in [0.717, 1.165) is 12.1 Å². The molecule has 3 aromatic rings. The van der Waals surface area contributed by atoms with Gasteiger partial charge in [-0.25, -0.2) is 0 Å². The van der Waals surface area contributed by atoms with Gasteiger partial charge in [-0.2, -0.15) is 13.2 Å². The standard InChI is InChI=1S/C18H14F3NO3/c19-18(20,21)13-3-1-11(2-4-13)9-22-10-12(7-17(24)25)15-8-14(23)5-6-16(15)22/h1-6,8,10,23H,7,9H2,(H,24,25). The fourth-order valence-electron chi connectivity index (χ4n) is 2.79. The van der Waals surface area contributed by atoms with Crippen molar-refractivity contribution in [2.45, 2.75) is 19.1 Å². The predicted octanol–water partition coefficient (Wildman–Crippen LogP) is 4.04. The minimum Gasteiger partial charge on any atom is -0.508 e. The molecule has 0 aliphatic heterocycles. The lowest BCUT2D eigenvalue weighted by Gasteiger charge is -2.09. The van der Waals surface area contributed by atoms with Gasteiger partial charge in [-0.15, -0.1) is 0 Å². The van der Waals surface area contributed by atoms with Crippen LogP contribution in [0.25, 0.3) is 10.9 Å². The first kappa shape index (κ1) is 16.9. The molecule has 4 nitrogen and oxygen atoms in total. The number of nitrogens with zero attached hydrogens (tertiary/aromatic N) is 1. The van der Waals surface area contributed by atoms with Crippen molar-refractivity contribution in [3.8, 4) is 5.75 Å². The van der Waals surface area contributed by atoms with E-state index in [1.54, 1.807) is 16.8 Å². The minimum atomic E-state index is -4.38. The summed E-state index contributed by atoms with van der Waals surface area (Å²) in [6.45, 7) is 0.291. The Kier molecular flexibility index (Phi) is 4.16. The minimum absolute atomic E-state index is 0.0198. The molecule has 130 valence electrons. The lowest BCUT2D eigenvalue weighted by atomic mass is 10.1. The number of fused-ring (bicyclic) bond motifs is 1. The van der Waals surface area contributed by atoms with E-state index < -0.39 is 17.7 Å². The lowest BCUT2D eigenvalue weighted by molar-refractivity contribution is -0.138. The Morgan fingerprint density at radius 3 is 2.36 bits per heavy atom. The van der Waals surface area contributed by atoms with Crippen molar-refractivity contribution in [3.05, 3.63) is 65.4 Å². The summed E-state index contributed by atoms with van der Waals surface area (Å²) in [7, 11) is 0. The predicted molar refractivity (Wildman–Crippen MR) is 85.5 cm³/mol. The van der Waals surface area contributed by atoms with Crippen molar-refractivity contribution in [2.24, 2.45) is 0 Å². The molecule has 0 aliphatic rings. The molecule has 2 N–H and O–H groups in total. The maximum absolute atomic E-state index is 12.6. The molecule has 0 aliphatic carbocycles. The summed E-state index contributed by atoms with van der Waals surface area (Å²) >= 11 is 0. The molecule has 0 unspecified atom stereocenters. The first-order chi connectivity index (χ1) is 11.7. The number of rotatable bonds is 4. The molecule has 0 radical (unpaired) electrons. The Balaban J connectivity index is 1.97. The Morgan fingerprint density at radius 1 is 1.08 bits per heavy atom. The van der Waals surface area contributed by atoms with E-state index in [0.29, 0.717) is 28.6 Å². The number of carboxylic acids is 1. The SMILES string of the molecule is O=C(O)Cc1cn(Cc2ccc(C(F)(F)F)cc2)c2ccc(O)cc12. The number of aromatic hydroxyl groups is 1. The van der Waals surface area contributed by atoms with Gasteiger partial charge in [0.05, 0.1) is 12.0 Å². The highest BCUT2D eigenvalue weighted by Crippen LogP contribution is 2.30. The molecular weight excluding hydrogens is 335 g/mol. The van der Waals surface area contributed by atoms with Crippen molar-refractivity contribution in [1.82, 2.24) is 4.57 Å². The summed E-state index contributed by atoms with van der Waals surface area (Å²) in [5.41, 5.74) is 1.17. The van der Waals surface area contributed by atoms with Crippen molar-refractivity contribution >= 4 is 16.9 Å². The Morgan fingerprint density at radius 2 is 1.76 bits per heavy atom. The molecule has 25 heavy (non-hydrogen) atoms. The van der Waals surface area contributed by atoms with E-state index >= 15 is 0 Å². The maximum atomic E-state index is 12.6. The number of hydrogen-bond acceptors (Lipinski definition) is 2. The van der Waals surface area contributed by atoms with E-state index in [9.17, 15) is 23.1 Å². The first-order valence-corrected chi connectivity index (χ1v) is 7.43. The quantitative estimate of drug-likeness (QED) is 0.747. The second-order valence-corrected chi connectivity index (χ2v) is 5.75. The molecule has 1 heterocycles. The average Bonchev–Trinajstić information content (AvgIpc) is 2.83. The van der Waals surface area contributed by atoms with E-state index in [4.69, 9.17) is 5.11 Å². The molecular formula is C18H14F3NO3. The van der Waals surface area contributed by atoms with Crippen LogP contribution < -0.4 is 0 Å². The van der Waals surface area contributed by atoms with E-state index in [2.05, 4.69) is 0 Å². The molecule has 2 aromatic carbocycles. The van der Waals surface area contributed by atoms with E-state index in [-0.39, 0.29) is 12.2 Å². The summed E-state index contributed by atoms with van der Waals surface area (Å²) in [4.78, 5) is 11.0. The van der Waals surface area contributed by atoms with Crippen LogP contribution in [-0.2, 0) is 23.9 Å². The highest BCUT2D eigenvalue weighted by molar-refractivity contribution is 5.88. The number of carbonyl (C=O) groups is 1. The Labute approximate surface area is 140 Å². The monoisotopic (exact) mass is 349 g/mol. The lowest BCUT2D eigenvalue weighted by Crippen LogP contribution is -2.05. The Hall–Kier alpha value is -2.96. The molecule has 0 saturated carbocycles. The maximum Gasteiger partial charge on any atom is 0.416 e. The zero-order valence-corrected chi connectivity index (χ0v) is 12.9. The van der Waals surface area contributed by atoms with Crippen LogP contribution in [0.15, 0.2) is 48.7 Å². The van der Waals surface area contributed by atoms with Crippen LogP contribution >= 0.6 is 0 Å². The summed E-state index contributed by atoms with van der Waals surface area (Å²) in [5.74, 6) is -0.983. The van der Waals surface area contributed by atoms with Crippen molar-refractivity contribution in [3.63, 3.8) is 0 Å². The largest absolute Gasteiger partial charge is 0.508 e. The number of phenolic OH excluding ortho intramolecular Hbond substituents is 1. The molecule has 0 atom stereocenters. The molecule has 0 amide bonds. The fraction of sp³-hybridized carbons (Fsp3) is 0.167. The molecule has 0 fully saturated rings. The number of aromatic nitrogens is 1. The van der Waals surface area contributed by atoms with Gasteiger partial charge in [0.2, 0.25) is 0 Å². The summed E-state index contributed by atoms with van der Waals surface area (Å²) in [6, 6.07) is 9.45. The zero-order chi connectivity index (χ0) is 18.2. The van der Waals surface area contributed by atoms with Gasteiger partial charge in [-0.3, -0.25) is 4.79 Å². The third kappa shape index (κ3) is 3.60. The van der Waals surface area contributed by atoms with Crippen LogP contribution in [0.1, 0.15) is 16.7 Å². The smallest absolute Gasteiger partial charge is 0.416 e. The van der Waals surface area contributed by atoms with Gasteiger partial charge >= 0.3 is 12.1 Å². The van der Waals surface area contributed by atoms with Gasteiger partial charge in [-0.1, -0.05) is 12.1 Å². The molecule has 1 aromatic heterocycles. The van der Waals surface area contributed by atoms with Crippen molar-refractivity contribution in [2.75, 3.05) is 0 Å². The number of halogens is 3. The highest BCUT2D eigenvalue weighted by Gasteiger charge is 2.29. The molecule has 7 heteroatoms. The summed E-state index contributed by atoms with van der Waals surface area (Å²) in [6.07, 6.45) is -2.94. The van der Waals surface area contributed by atoms with Gasteiger partial charge < -0.3 is 14.8 Å². The third-order valence-electron chi connectivity index (χ3n) is 3.92. The first-order valence-electron chi connectivity index (χ1n) is 7.43. The fourth-order valence-corrected chi connectivity index (χ4v) is 2.79. The zero-order valence-electron chi connectivity index (χ0n) is 12.9.